The zero-order valence-electron chi connectivity index (χ0n) is 74.8. The molecule has 4 nitrogen and oxygen atoms in total. The van der Waals surface area contributed by atoms with Crippen LogP contribution in [0.1, 0.15) is 83.5 Å². The third-order valence-corrected chi connectivity index (χ3v) is 28.1. The van der Waals surface area contributed by atoms with Crippen LogP contribution in [0.5, 0.6) is 0 Å². The molecule has 0 bridgehead atoms. The van der Waals surface area contributed by atoms with Crippen LogP contribution in [-0.4, -0.2) is 0 Å². The molecule has 3 aliphatic carbocycles. The first-order valence-corrected chi connectivity index (χ1v) is 46.2. The summed E-state index contributed by atoms with van der Waals surface area (Å²) < 4.78 is 61.1. The molecule has 0 aromatic heterocycles. The third-order valence-electron chi connectivity index (χ3n) is 28.1. The molecule has 0 amide bonds. The SMILES string of the molecule is C=Cc1ccc(C2(c3ccccc3)c3ccccc3-c3ccc(N(c4ccc(F)cc4)c4ccc(-c5ccc(N(c6ccc(F)cc6)c6ccc7c(c6)C(c6ccccc6)(c6ccc(C=C)cc6)c6cc(N(c8ccc(F)cc8)c8ccc(-c9ccc(N(c%10ccc(F)cc%10)c%10ccc%11c(c%10)C(c%10ccccc%10)(c%10ccc(C=C)cc%10)c%10ccccc%10-%11)cc9)cc8)ccc6-7)cc5)cc4)cc32)cc1. The molecule has 652 valence electrons. The van der Waals surface area contributed by atoms with Gasteiger partial charge in [0.2, 0.25) is 0 Å². The van der Waals surface area contributed by atoms with E-state index in [1.54, 1.807) is 0 Å². The van der Waals surface area contributed by atoms with Crippen molar-refractivity contribution in [2.45, 2.75) is 16.2 Å². The number of benzene rings is 20. The Labute approximate surface area is 795 Å². The fraction of sp³-hybridized carbons (Fsp3) is 0.0233. The standard InChI is InChI=1S/C129H88F4N4/c1-4-86-30-44-96(45-31-86)127(93-20-10-7-11-21-93)121-28-18-16-26-115(121)117-78-74-111(82-123(117)127)134(107-66-50-99(130)51-67-107)103-58-36-89(37-59-103)91-40-62-105(63-41-91)136(109-70-54-101(132)55-71-109)113-76-80-119-120-81-77-114(85-126(120)129(125(119)84-113,95-24-14-9-15-25-95)98-48-34-88(6-3)35-49-98)137(110-72-56-102(133)57-73-110)106-64-42-92(43-65-106)90-38-60-104(61-39-90)135(108-68-52-100(131)53-69-108)112-75-79-118-116-27-17-19-29-122(116)128(124(118)83-112,94-22-12-8-13-23-94)97-46-32-87(5-2)33-47-97/h4-85H,1-3H2. The highest BCUT2D eigenvalue weighted by molar-refractivity contribution is 5.96. The number of rotatable bonds is 23. The van der Waals surface area contributed by atoms with E-state index in [0.29, 0.717) is 0 Å². The average molecular weight is 1770 g/mol. The third kappa shape index (κ3) is 14.2. The Hall–Kier alpha value is -17.5. The summed E-state index contributed by atoms with van der Waals surface area (Å²) in [4.78, 5) is 8.80. The Bertz CT molecular complexity index is 7550. The Kier molecular flexibility index (Phi) is 21.2. The molecule has 0 fully saturated rings. The Morgan fingerprint density at radius 3 is 0.555 bits per heavy atom. The van der Waals surface area contributed by atoms with E-state index in [0.717, 1.165) is 185 Å². The highest BCUT2D eigenvalue weighted by atomic mass is 19.1. The minimum absolute atomic E-state index is 0.324. The van der Waals surface area contributed by atoms with Gasteiger partial charge in [-0.3, -0.25) is 0 Å². The maximum absolute atomic E-state index is 15.4. The first-order chi connectivity index (χ1) is 67.4. The molecule has 0 heterocycles. The fourth-order valence-corrected chi connectivity index (χ4v) is 21.8. The van der Waals surface area contributed by atoms with Gasteiger partial charge in [0.1, 0.15) is 23.3 Å². The number of fused-ring (bicyclic) bond motifs is 9. The van der Waals surface area contributed by atoms with Crippen molar-refractivity contribution in [3.05, 3.63) is 606 Å². The summed E-state index contributed by atoms with van der Waals surface area (Å²) in [6.07, 6.45) is 5.63. The van der Waals surface area contributed by atoms with Gasteiger partial charge in [0.15, 0.2) is 0 Å². The fourth-order valence-electron chi connectivity index (χ4n) is 21.8. The van der Waals surface area contributed by atoms with E-state index in [1.807, 2.05) is 66.8 Å². The van der Waals surface area contributed by atoms with Gasteiger partial charge in [-0.25, -0.2) is 17.6 Å². The Balaban J connectivity index is 0.593. The van der Waals surface area contributed by atoms with Crippen LogP contribution in [0, 0.1) is 23.3 Å². The van der Waals surface area contributed by atoms with Crippen molar-refractivity contribution in [3.63, 3.8) is 0 Å². The number of nitrogens with zero attached hydrogens (tertiary/aromatic N) is 4. The molecule has 0 spiro atoms. The van der Waals surface area contributed by atoms with Crippen LogP contribution in [-0.2, 0) is 16.2 Å². The van der Waals surface area contributed by atoms with E-state index in [9.17, 15) is 0 Å². The largest absolute Gasteiger partial charge is 0.310 e. The monoisotopic (exact) mass is 1770 g/mol. The highest BCUT2D eigenvalue weighted by Crippen LogP contribution is 2.63. The molecule has 20 aromatic carbocycles. The highest BCUT2D eigenvalue weighted by Gasteiger charge is 2.50. The van der Waals surface area contributed by atoms with Crippen LogP contribution in [0.3, 0.4) is 0 Å². The van der Waals surface area contributed by atoms with Gasteiger partial charge >= 0.3 is 0 Å². The van der Waals surface area contributed by atoms with Crippen molar-refractivity contribution in [3.8, 4) is 55.6 Å². The number of anilines is 12. The van der Waals surface area contributed by atoms with Gasteiger partial charge in [0.25, 0.3) is 0 Å². The first kappa shape index (κ1) is 83.8. The topological polar surface area (TPSA) is 13.0 Å². The van der Waals surface area contributed by atoms with Gasteiger partial charge in [-0.1, -0.05) is 323 Å². The minimum Gasteiger partial charge on any atom is -0.310 e. The lowest BCUT2D eigenvalue weighted by molar-refractivity contribution is 0.627. The van der Waals surface area contributed by atoms with Crippen molar-refractivity contribution in [1.82, 2.24) is 0 Å². The van der Waals surface area contributed by atoms with E-state index in [4.69, 9.17) is 0 Å². The molecule has 0 saturated carbocycles. The first-order valence-electron chi connectivity index (χ1n) is 46.2. The smallest absolute Gasteiger partial charge is 0.123 e. The Morgan fingerprint density at radius 2 is 0.336 bits per heavy atom. The zero-order chi connectivity index (χ0) is 92.5. The molecule has 20 aromatic rings. The zero-order valence-corrected chi connectivity index (χ0v) is 74.8. The normalized spacial score (nSPS) is 15.0. The van der Waals surface area contributed by atoms with Crippen molar-refractivity contribution in [1.29, 1.82) is 0 Å². The molecule has 0 radical (unpaired) electrons. The summed E-state index contributed by atoms with van der Waals surface area (Å²) in [5, 5.41) is 0. The second-order valence-electron chi connectivity index (χ2n) is 35.3. The molecule has 0 saturated heterocycles. The predicted octanol–water partition coefficient (Wildman–Crippen LogP) is 34.5. The van der Waals surface area contributed by atoms with Crippen LogP contribution in [0.2, 0.25) is 0 Å². The van der Waals surface area contributed by atoms with E-state index < -0.39 is 16.2 Å². The summed E-state index contributed by atoms with van der Waals surface area (Å²) in [6, 6.07) is 164. The predicted molar refractivity (Wildman–Crippen MR) is 558 cm³/mol. The molecule has 2 atom stereocenters. The lowest BCUT2D eigenvalue weighted by Crippen LogP contribution is -2.29. The maximum atomic E-state index is 15.4. The van der Waals surface area contributed by atoms with Gasteiger partial charge in [-0.05, 0) is 333 Å². The molecule has 137 heavy (non-hydrogen) atoms. The second kappa shape index (κ2) is 34.6. The van der Waals surface area contributed by atoms with Crippen molar-refractivity contribution in [2.75, 3.05) is 19.6 Å². The van der Waals surface area contributed by atoms with E-state index in [-0.39, 0.29) is 23.3 Å². The average Bonchev–Trinajstić information content (AvgIpc) is 1.55. The number of hydrogen-bond donors (Lipinski definition) is 0. The summed E-state index contributed by atoms with van der Waals surface area (Å²) in [6.45, 7) is 12.4. The molecule has 0 N–H and O–H groups in total. The maximum Gasteiger partial charge on any atom is 0.123 e. The quantitative estimate of drug-likeness (QED) is 0.0592. The lowest BCUT2D eigenvalue weighted by atomic mass is 9.67. The second-order valence-corrected chi connectivity index (χ2v) is 35.3. The molecule has 2 unspecified atom stereocenters. The molecule has 8 heteroatoms. The molecule has 23 rings (SSSR count). The van der Waals surface area contributed by atoms with Gasteiger partial charge in [-0.15, -0.1) is 0 Å². The van der Waals surface area contributed by atoms with Crippen LogP contribution in [0.25, 0.3) is 73.9 Å². The molecular weight excluding hydrogens is 1680 g/mol. The van der Waals surface area contributed by atoms with Crippen LogP contribution in [0.15, 0.2) is 499 Å². The summed E-state index contributed by atoms with van der Waals surface area (Å²) >= 11 is 0. The van der Waals surface area contributed by atoms with Crippen LogP contribution in [0.4, 0.5) is 85.8 Å². The van der Waals surface area contributed by atoms with Gasteiger partial charge in [0.05, 0.1) is 16.2 Å². The van der Waals surface area contributed by atoms with Crippen molar-refractivity contribution >= 4 is 86.5 Å². The van der Waals surface area contributed by atoms with E-state index in [2.05, 4.69) is 422 Å². The van der Waals surface area contributed by atoms with Gasteiger partial charge in [-0.2, -0.15) is 0 Å². The van der Waals surface area contributed by atoms with Crippen LogP contribution >= 0.6 is 0 Å². The van der Waals surface area contributed by atoms with Gasteiger partial charge < -0.3 is 19.6 Å². The minimum atomic E-state index is -0.958. The van der Waals surface area contributed by atoms with Gasteiger partial charge in [0, 0.05) is 68.2 Å². The van der Waals surface area contributed by atoms with E-state index >= 15 is 17.6 Å². The number of halogens is 4. The van der Waals surface area contributed by atoms with Crippen molar-refractivity contribution < 1.29 is 17.6 Å². The summed E-state index contributed by atoms with van der Waals surface area (Å²) in [7, 11) is 0. The lowest BCUT2D eigenvalue weighted by Gasteiger charge is -2.36. The van der Waals surface area contributed by atoms with Crippen LogP contribution < -0.4 is 19.6 Å². The molecule has 3 aliphatic rings. The van der Waals surface area contributed by atoms with E-state index in [1.165, 1.54) is 70.8 Å². The molecular formula is C129H88F4N4. The van der Waals surface area contributed by atoms with Crippen molar-refractivity contribution in [2.24, 2.45) is 0 Å². The Morgan fingerprint density at radius 1 is 0.161 bits per heavy atom. The molecule has 0 aliphatic heterocycles. The summed E-state index contributed by atoms with van der Waals surface area (Å²) in [5.74, 6) is -1.35. The summed E-state index contributed by atoms with van der Waals surface area (Å²) in [5.41, 5.74) is 34.8. The number of hydrogen-bond acceptors (Lipinski definition) is 4.